The van der Waals surface area contributed by atoms with Crippen LogP contribution in [-0.4, -0.2) is 64.5 Å². The van der Waals surface area contributed by atoms with Crippen LogP contribution in [0.1, 0.15) is 125 Å². The van der Waals surface area contributed by atoms with Crippen molar-refractivity contribution in [2.45, 2.75) is 176 Å². The molecular weight excluding hydrogens is 574 g/mol. The van der Waals surface area contributed by atoms with Gasteiger partial charge in [0.1, 0.15) is 13.6 Å². The Morgan fingerprint density at radius 3 is 0.343 bits per heavy atom. The molecule has 0 fully saturated rings. The standard InChI is InChI=1S/3C9H21P.2CH2O.Ru/c3*1-7(2)10(8(3)4)9(5)6;2*1-2;/h3*7-9H,1-6H3;2*1H2;. The van der Waals surface area contributed by atoms with Gasteiger partial charge in [0.25, 0.3) is 0 Å². The summed E-state index contributed by atoms with van der Waals surface area (Å²) >= 11 is 0. The van der Waals surface area contributed by atoms with Crippen molar-refractivity contribution < 1.29 is 29.1 Å². The predicted octanol–water partition coefficient (Wildman–Crippen LogP) is 10.7. The molecule has 0 N–H and O–H groups in total. The first-order valence-corrected chi connectivity index (χ1v) is 17.9. The zero-order chi connectivity index (χ0) is 28.9. The Labute approximate surface area is 241 Å². The van der Waals surface area contributed by atoms with Gasteiger partial charge < -0.3 is 9.59 Å². The van der Waals surface area contributed by atoms with E-state index in [2.05, 4.69) is 125 Å². The third-order valence-electron chi connectivity index (χ3n) is 5.37. The molecule has 0 heterocycles. The van der Waals surface area contributed by atoms with Crippen molar-refractivity contribution in [2.75, 3.05) is 0 Å². The van der Waals surface area contributed by atoms with Crippen LogP contribution in [0.2, 0.25) is 0 Å². The smallest absolute Gasteiger partial charge is 0.106 e. The Bertz CT molecular complexity index is 297. The van der Waals surface area contributed by atoms with Crippen molar-refractivity contribution in [1.82, 2.24) is 0 Å². The average molecular weight is 642 g/mol. The van der Waals surface area contributed by atoms with Gasteiger partial charge in [0.15, 0.2) is 0 Å². The Balaban J connectivity index is -0.0000000827. The molecule has 0 saturated heterocycles. The SMILES string of the molecule is C=O.C=O.CC(C)P(C(C)C)C(C)C.CC(C)P(C(C)C)C(C)C.CC(C)P(C(C)C)C(C)C.[Ru]. The molecule has 0 aromatic heterocycles. The van der Waals surface area contributed by atoms with Crippen LogP contribution >= 0.6 is 23.8 Å². The van der Waals surface area contributed by atoms with Crippen LogP contribution in [0.25, 0.3) is 0 Å². The monoisotopic (exact) mass is 642 g/mol. The molecule has 0 aliphatic carbocycles. The minimum Gasteiger partial charge on any atom is -0.307 e. The quantitative estimate of drug-likeness (QED) is 0.185. The van der Waals surface area contributed by atoms with E-state index in [9.17, 15) is 0 Å². The minimum atomic E-state index is 0. The van der Waals surface area contributed by atoms with Crippen LogP contribution < -0.4 is 0 Å². The van der Waals surface area contributed by atoms with Gasteiger partial charge in [-0.1, -0.05) is 148 Å². The molecule has 0 bridgehead atoms. The largest absolute Gasteiger partial charge is 0.307 e. The van der Waals surface area contributed by atoms with Crippen LogP contribution in [0.4, 0.5) is 0 Å². The Morgan fingerprint density at radius 2 is 0.343 bits per heavy atom. The maximum atomic E-state index is 8.00. The van der Waals surface area contributed by atoms with E-state index in [0.717, 1.165) is 50.9 Å². The number of carbonyl (C=O) groups is 2. The first-order chi connectivity index (χ1) is 15.4. The van der Waals surface area contributed by atoms with Gasteiger partial charge in [-0.3, -0.25) is 0 Å². The molecule has 0 amide bonds. The first-order valence-electron chi connectivity index (χ1n) is 13.3. The van der Waals surface area contributed by atoms with E-state index in [1.54, 1.807) is 0 Å². The summed E-state index contributed by atoms with van der Waals surface area (Å²) in [6.07, 6.45) is 0. The second kappa shape index (κ2) is 29.8. The summed E-state index contributed by atoms with van der Waals surface area (Å²) in [7, 11) is 0.787. The topological polar surface area (TPSA) is 34.1 Å². The van der Waals surface area contributed by atoms with Crippen molar-refractivity contribution in [3.8, 4) is 0 Å². The fourth-order valence-electron chi connectivity index (χ4n) is 5.37. The van der Waals surface area contributed by atoms with Gasteiger partial charge in [-0.25, -0.2) is 0 Å². The first kappa shape index (κ1) is 49.2. The molecule has 0 aliphatic heterocycles. The molecule has 0 radical (unpaired) electrons. The van der Waals surface area contributed by atoms with Crippen LogP contribution in [0.5, 0.6) is 0 Å². The second-order valence-electron chi connectivity index (χ2n) is 11.2. The van der Waals surface area contributed by atoms with Gasteiger partial charge in [0, 0.05) is 19.5 Å². The predicted molar refractivity (Wildman–Crippen MR) is 171 cm³/mol. The minimum absolute atomic E-state index is 0. The van der Waals surface area contributed by atoms with Gasteiger partial charge in [-0.05, 0) is 50.9 Å². The van der Waals surface area contributed by atoms with Crippen molar-refractivity contribution in [3.05, 3.63) is 0 Å². The zero-order valence-corrected chi connectivity index (χ0v) is 31.5. The van der Waals surface area contributed by atoms with E-state index in [-0.39, 0.29) is 43.2 Å². The summed E-state index contributed by atoms with van der Waals surface area (Å²) < 4.78 is 0. The normalized spacial score (nSPS) is 11.0. The summed E-state index contributed by atoms with van der Waals surface area (Å²) in [6, 6.07) is 0. The molecule has 218 valence electrons. The van der Waals surface area contributed by atoms with E-state index in [4.69, 9.17) is 9.59 Å². The number of carbonyl (C=O) groups excluding carboxylic acids is 2. The van der Waals surface area contributed by atoms with Crippen molar-refractivity contribution in [2.24, 2.45) is 0 Å². The molecule has 0 saturated carbocycles. The van der Waals surface area contributed by atoms with Gasteiger partial charge >= 0.3 is 0 Å². The Hall–Kier alpha value is 1.25. The molecule has 2 nitrogen and oxygen atoms in total. The second-order valence-corrected chi connectivity index (χ2v) is 23.2. The molecule has 0 spiro atoms. The number of rotatable bonds is 9. The van der Waals surface area contributed by atoms with Gasteiger partial charge in [0.2, 0.25) is 0 Å². The summed E-state index contributed by atoms with van der Waals surface area (Å²) in [5, 5.41) is 0. The Kier molecular flexibility index (Phi) is 41.9. The summed E-state index contributed by atoms with van der Waals surface area (Å²) in [5.41, 5.74) is 8.08. The van der Waals surface area contributed by atoms with Crippen LogP contribution in [0.3, 0.4) is 0 Å². The molecular formula is C29H67O2P3Ru. The van der Waals surface area contributed by atoms with Gasteiger partial charge in [-0.15, -0.1) is 0 Å². The maximum Gasteiger partial charge on any atom is 0.106 e. The van der Waals surface area contributed by atoms with Crippen LogP contribution in [0, 0.1) is 0 Å². The van der Waals surface area contributed by atoms with Gasteiger partial charge in [-0.2, -0.15) is 0 Å². The molecule has 35 heavy (non-hydrogen) atoms. The van der Waals surface area contributed by atoms with Crippen LogP contribution in [0.15, 0.2) is 0 Å². The fraction of sp³-hybridized carbons (Fsp3) is 0.931. The number of hydrogen-bond donors (Lipinski definition) is 0. The van der Waals surface area contributed by atoms with Crippen molar-refractivity contribution in [1.29, 1.82) is 0 Å². The Morgan fingerprint density at radius 1 is 0.286 bits per heavy atom. The fourth-order valence-corrected chi connectivity index (χ4v) is 16.1. The summed E-state index contributed by atoms with van der Waals surface area (Å²) in [4.78, 5) is 16.0. The molecule has 6 heteroatoms. The molecule has 0 atom stereocenters. The molecule has 0 aliphatic rings. The molecule has 0 aromatic rings. The van der Waals surface area contributed by atoms with E-state index in [1.165, 1.54) is 0 Å². The maximum absolute atomic E-state index is 8.00. The summed E-state index contributed by atoms with van der Waals surface area (Å²) in [6.45, 7) is 46.4. The molecule has 0 aromatic carbocycles. The van der Waals surface area contributed by atoms with E-state index >= 15 is 0 Å². The molecule has 0 unspecified atom stereocenters. The van der Waals surface area contributed by atoms with Crippen molar-refractivity contribution >= 4 is 37.3 Å². The third-order valence-corrected chi connectivity index (χ3v) is 16.1. The van der Waals surface area contributed by atoms with Gasteiger partial charge in [0.05, 0.1) is 0 Å². The average Bonchev–Trinajstić information content (AvgIpc) is 2.62. The summed E-state index contributed by atoms with van der Waals surface area (Å²) in [5.74, 6) is 0. The van der Waals surface area contributed by atoms with E-state index < -0.39 is 0 Å². The van der Waals surface area contributed by atoms with E-state index in [1.807, 2.05) is 13.6 Å². The van der Waals surface area contributed by atoms with Crippen molar-refractivity contribution in [3.63, 3.8) is 0 Å². The number of hydrogen-bond acceptors (Lipinski definition) is 2. The molecule has 0 rings (SSSR count). The third kappa shape index (κ3) is 28.1. The van der Waals surface area contributed by atoms with Crippen LogP contribution in [-0.2, 0) is 29.1 Å². The van der Waals surface area contributed by atoms with E-state index in [0.29, 0.717) is 0 Å². The zero-order valence-electron chi connectivity index (χ0n) is 27.1.